The van der Waals surface area contributed by atoms with Crippen LogP contribution >= 0.6 is 0 Å². The van der Waals surface area contributed by atoms with Crippen LogP contribution in [-0.2, 0) is 11.3 Å². The van der Waals surface area contributed by atoms with E-state index in [0.717, 1.165) is 16.7 Å². The minimum atomic E-state index is -0.248. The van der Waals surface area contributed by atoms with Crippen LogP contribution in [0.1, 0.15) is 28.1 Å². The number of phenolic OH excluding ortho intramolecular Hbond substituents is 2. The molecule has 3 N–H and O–H groups in total. The van der Waals surface area contributed by atoms with Crippen molar-refractivity contribution in [3.05, 3.63) is 70.5 Å². The molecule has 33 heavy (non-hydrogen) atoms. The molecule has 0 saturated heterocycles. The molecule has 0 aliphatic heterocycles. The van der Waals surface area contributed by atoms with Gasteiger partial charge in [-0.1, -0.05) is 30.2 Å². The maximum absolute atomic E-state index is 12.2. The van der Waals surface area contributed by atoms with Gasteiger partial charge in [-0.25, -0.2) is 0 Å². The highest BCUT2D eigenvalue weighted by molar-refractivity contribution is 5.78. The molecule has 0 unspecified atom stereocenters. The Morgan fingerprint density at radius 3 is 2.48 bits per heavy atom. The van der Waals surface area contributed by atoms with Gasteiger partial charge in [-0.2, -0.15) is 5.10 Å². The van der Waals surface area contributed by atoms with Crippen LogP contribution in [0.2, 0.25) is 0 Å². The molecule has 0 atom stereocenters. The summed E-state index contributed by atoms with van der Waals surface area (Å²) in [5, 5.41) is 26.6. The zero-order valence-electron chi connectivity index (χ0n) is 18.4. The van der Waals surface area contributed by atoms with Gasteiger partial charge in [0.2, 0.25) is 5.91 Å². The first kappa shape index (κ1) is 23.2. The molecule has 1 heterocycles. The average Bonchev–Trinajstić information content (AvgIpc) is 3.19. The van der Waals surface area contributed by atoms with E-state index in [4.69, 9.17) is 11.2 Å². The zero-order valence-corrected chi connectivity index (χ0v) is 18.4. The molecule has 0 spiro atoms. The molecule has 1 aromatic heterocycles. The number of carbonyl (C=O) groups is 1. The van der Waals surface area contributed by atoms with Crippen molar-refractivity contribution in [2.75, 3.05) is 13.7 Å². The third-order valence-corrected chi connectivity index (χ3v) is 4.83. The largest absolute Gasteiger partial charge is 0.508 e. The number of amides is 1. The Labute approximate surface area is 192 Å². The number of terminal acetylenes is 1. The summed E-state index contributed by atoms with van der Waals surface area (Å²) in [5.74, 6) is 2.80. The van der Waals surface area contributed by atoms with Gasteiger partial charge < -0.3 is 20.3 Å². The molecule has 1 amide bonds. The summed E-state index contributed by atoms with van der Waals surface area (Å²) in [6.07, 6.45) is 12.6. The molecule has 3 aromatic rings. The maximum atomic E-state index is 12.2. The quantitative estimate of drug-likeness (QED) is 0.462. The summed E-state index contributed by atoms with van der Waals surface area (Å²) in [5.41, 5.74) is 3.87. The van der Waals surface area contributed by atoms with Gasteiger partial charge in [0.1, 0.15) is 12.3 Å². The van der Waals surface area contributed by atoms with Gasteiger partial charge in [0, 0.05) is 0 Å². The molecule has 0 radical (unpaired) electrons. The van der Waals surface area contributed by atoms with Gasteiger partial charge in [-0.15, -0.1) is 6.42 Å². The summed E-state index contributed by atoms with van der Waals surface area (Å²) in [6, 6.07) is 12.2. The van der Waals surface area contributed by atoms with Crippen LogP contribution in [0.15, 0.2) is 42.5 Å². The Morgan fingerprint density at radius 2 is 1.79 bits per heavy atom. The molecule has 0 aliphatic rings. The topological polar surface area (TPSA) is 96.6 Å². The van der Waals surface area contributed by atoms with Crippen LogP contribution in [0.25, 0.3) is 24.3 Å². The Bertz CT molecular complexity index is 1250. The van der Waals surface area contributed by atoms with E-state index in [2.05, 4.69) is 16.3 Å². The zero-order chi connectivity index (χ0) is 23.8. The van der Waals surface area contributed by atoms with Crippen LogP contribution in [0, 0.1) is 19.3 Å². The molecular weight excluding hydrogens is 418 g/mol. The number of phenols is 2. The molecule has 3 rings (SSSR count). The van der Waals surface area contributed by atoms with Crippen molar-refractivity contribution in [1.82, 2.24) is 15.1 Å². The number of rotatable bonds is 8. The molecule has 7 nitrogen and oxygen atoms in total. The molecule has 168 valence electrons. The van der Waals surface area contributed by atoms with Gasteiger partial charge >= 0.3 is 0 Å². The van der Waals surface area contributed by atoms with Crippen molar-refractivity contribution in [1.29, 1.82) is 0 Å². The van der Waals surface area contributed by atoms with E-state index in [0.29, 0.717) is 17.1 Å². The van der Waals surface area contributed by atoms with E-state index in [-0.39, 0.29) is 30.5 Å². The normalized spacial score (nSPS) is 11.1. The molecule has 2 aromatic carbocycles. The number of aryl methyl sites for hydroxylation is 1. The fourth-order valence-corrected chi connectivity index (χ4v) is 3.08. The Hall–Kier alpha value is -4.44. The lowest BCUT2D eigenvalue weighted by atomic mass is 10.1. The summed E-state index contributed by atoms with van der Waals surface area (Å²) in [6.45, 7) is 1.98. The summed E-state index contributed by atoms with van der Waals surface area (Å²) >= 11 is 0. The number of methoxy groups -OCH3 is 1. The number of hydrogen-bond donors (Lipinski definition) is 3. The van der Waals surface area contributed by atoms with E-state index < -0.39 is 0 Å². The van der Waals surface area contributed by atoms with Gasteiger partial charge in [-0.05, 0) is 66.1 Å². The van der Waals surface area contributed by atoms with Crippen molar-refractivity contribution in [3.8, 4) is 29.6 Å². The second kappa shape index (κ2) is 10.7. The van der Waals surface area contributed by atoms with Gasteiger partial charge in [-0.3, -0.25) is 9.48 Å². The van der Waals surface area contributed by atoms with Crippen molar-refractivity contribution >= 4 is 30.2 Å². The summed E-state index contributed by atoms with van der Waals surface area (Å²) in [7, 11) is 1.49. The smallest absolute Gasteiger partial charge is 0.242 e. The predicted octanol–water partition coefficient (Wildman–Crippen LogP) is 3.70. The average molecular weight is 444 g/mol. The first-order chi connectivity index (χ1) is 15.9. The van der Waals surface area contributed by atoms with E-state index in [1.165, 1.54) is 7.11 Å². The minimum absolute atomic E-state index is 0.00636. The summed E-state index contributed by atoms with van der Waals surface area (Å²) in [4.78, 5) is 12.2. The van der Waals surface area contributed by atoms with Crippen molar-refractivity contribution in [2.24, 2.45) is 0 Å². The first-order valence-corrected chi connectivity index (χ1v) is 10.2. The van der Waals surface area contributed by atoms with Crippen molar-refractivity contribution in [2.45, 2.75) is 13.5 Å². The standard InChI is InChI=1S/C26H25N3O4/c1-4-13-27-26(32)17-29-22(10-6-20-8-12-24(31)25(15-20)33-3)16-21(28-29)9-5-19-7-11-23(30)18(2)14-19/h1,5-12,14-16,30-31H,13,17H2,2-3H3,(H,27,32)/b9-5+,10-6+. The highest BCUT2D eigenvalue weighted by Gasteiger charge is 2.09. The molecular formula is C26H25N3O4. The van der Waals surface area contributed by atoms with Gasteiger partial charge in [0.05, 0.1) is 25.0 Å². The van der Waals surface area contributed by atoms with E-state index >= 15 is 0 Å². The first-order valence-electron chi connectivity index (χ1n) is 10.2. The van der Waals surface area contributed by atoms with Crippen LogP contribution in [0.4, 0.5) is 0 Å². The second-order valence-electron chi connectivity index (χ2n) is 7.28. The second-order valence-corrected chi connectivity index (χ2v) is 7.28. The van der Waals surface area contributed by atoms with E-state index in [9.17, 15) is 15.0 Å². The number of hydrogen-bond acceptors (Lipinski definition) is 5. The number of aromatic nitrogens is 2. The molecule has 0 aliphatic carbocycles. The maximum Gasteiger partial charge on any atom is 0.242 e. The van der Waals surface area contributed by atoms with Crippen molar-refractivity contribution < 1.29 is 19.7 Å². The lowest BCUT2D eigenvalue weighted by Gasteiger charge is -2.05. The van der Waals surface area contributed by atoms with Crippen LogP contribution in [0.5, 0.6) is 17.2 Å². The van der Waals surface area contributed by atoms with Gasteiger partial charge in [0.15, 0.2) is 11.5 Å². The molecule has 7 heteroatoms. The number of aromatic hydroxyl groups is 2. The van der Waals surface area contributed by atoms with Crippen LogP contribution in [0.3, 0.4) is 0 Å². The van der Waals surface area contributed by atoms with E-state index in [1.54, 1.807) is 28.9 Å². The number of ether oxygens (including phenoxy) is 1. The fourth-order valence-electron chi connectivity index (χ4n) is 3.08. The highest BCUT2D eigenvalue weighted by atomic mass is 16.5. The fraction of sp³-hybridized carbons (Fsp3) is 0.154. The Morgan fingerprint density at radius 1 is 1.09 bits per heavy atom. The molecule has 0 bridgehead atoms. The van der Waals surface area contributed by atoms with Crippen LogP contribution < -0.4 is 10.1 Å². The minimum Gasteiger partial charge on any atom is -0.508 e. The lowest BCUT2D eigenvalue weighted by molar-refractivity contribution is -0.121. The Balaban J connectivity index is 1.88. The number of nitrogens with one attached hydrogen (secondary N) is 1. The highest BCUT2D eigenvalue weighted by Crippen LogP contribution is 2.27. The van der Waals surface area contributed by atoms with Crippen LogP contribution in [-0.4, -0.2) is 39.6 Å². The monoisotopic (exact) mass is 443 g/mol. The number of nitrogens with zero attached hydrogens (tertiary/aromatic N) is 2. The molecule has 0 fully saturated rings. The third-order valence-electron chi connectivity index (χ3n) is 4.83. The predicted molar refractivity (Wildman–Crippen MR) is 129 cm³/mol. The number of carbonyl (C=O) groups excluding carboxylic acids is 1. The SMILES string of the molecule is C#CCNC(=O)Cn1nc(/C=C/c2ccc(O)c(C)c2)cc1/C=C/c1ccc(O)c(OC)c1. The Kier molecular flexibility index (Phi) is 7.55. The summed E-state index contributed by atoms with van der Waals surface area (Å²) < 4.78 is 6.74. The van der Waals surface area contributed by atoms with E-state index in [1.807, 2.05) is 49.4 Å². The molecule has 0 saturated carbocycles. The van der Waals surface area contributed by atoms with Crippen molar-refractivity contribution in [3.63, 3.8) is 0 Å². The number of benzene rings is 2. The third kappa shape index (κ3) is 6.28. The van der Waals surface area contributed by atoms with Gasteiger partial charge in [0.25, 0.3) is 0 Å². The lowest BCUT2D eigenvalue weighted by Crippen LogP contribution is -2.28.